The zero-order chi connectivity index (χ0) is 24.5. The van der Waals surface area contributed by atoms with Crippen LogP contribution >= 0.6 is 0 Å². The van der Waals surface area contributed by atoms with Crippen molar-refractivity contribution in [3.63, 3.8) is 0 Å². The van der Waals surface area contributed by atoms with Crippen LogP contribution in [-0.4, -0.2) is 55.8 Å². The molecule has 12 nitrogen and oxygen atoms in total. The molecule has 0 saturated carbocycles. The van der Waals surface area contributed by atoms with Crippen LogP contribution in [0.25, 0.3) is 5.57 Å². The molecule has 1 amide bonds. The largest absolute Gasteiger partial charge is 0.481 e. The summed E-state index contributed by atoms with van der Waals surface area (Å²) >= 11 is 0. The molecule has 0 unspecified atom stereocenters. The van der Waals surface area contributed by atoms with Gasteiger partial charge >= 0.3 is 11.9 Å². The maximum Gasteiger partial charge on any atom is 0.326 e. The van der Waals surface area contributed by atoms with Crippen molar-refractivity contribution in [2.75, 3.05) is 18.1 Å². The number of carboxylic acid groups (broad SMARTS) is 2. The standard InChI is InChI=1S/C21H25N5O7/c22-17-14(19(31)26-21(23)25-17)6-5-12(9-10-27)11-1-3-13(4-2-11)18(30)24-15(20(32)33)7-8-16(28)29/h1-4,9,15,27H,5-8,10H2,(H,24,30)(H,28,29)(H,32,33)(H5,22,23,25,26,31)/t15-/m0/s1. The zero-order valence-electron chi connectivity index (χ0n) is 17.6. The van der Waals surface area contributed by atoms with E-state index in [2.05, 4.69) is 15.3 Å². The lowest BCUT2D eigenvalue weighted by Gasteiger charge is -2.14. The monoisotopic (exact) mass is 459 g/mol. The molecule has 1 atom stereocenters. The molecule has 176 valence electrons. The number of hydrogen-bond acceptors (Lipinski definition) is 8. The van der Waals surface area contributed by atoms with Crippen LogP contribution < -0.4 is 22.3 Å². The Kier molecular flexibility index (Phi) is 8.69. The number of allylic oxidation sites excluding steroid dienone is 1. The molecular formula is C21H25N5O7. The number of hydrogen-bond donors (Lipinski definition) is 7. The second-order valence-electron chi connectivity index (χ2n) is 7.10. The topological polar surface area (TPSA) is 222 Å². The van der Waals surface area contributed by atoms with Crippen LogP contribution in [0.15, 0.2) is 35.1 Å². The van der Waals surface area contributed by atoms with Gasteiger partial charge in [0.2, 0.25) is 5.95 Å². The van der Waals surface area contributed by atoms with E-state index >= 15 is 0 Å². The molecule has 12 heteroatoms. The van der Waals surface area contributed by atoms with E-state index in [9.17, 15) is 29.4 Å². The summed E-state index contributed by atoms with van der Waals surface area (Å²) in [5.41, 5.74) is 12.6. The van der Waals surface area contributed by atoms with Gasteiger partial charge in [-0.25, -0.2) is 4.79 Å². The number of nitrogen functional groups attached to an aromatic ring is 2. The SMILES string of the molecule is Nc1nc(N)c(CCC(=CCO)c2ccc(C(=O)N[C@@H](CCC(=O)O)C(=O)O)cc2)c(=O)[nH]1. The third kappa shape index (κ3) is 7.18. The lowest BCUT2D eigenvalue weighted by atomic mass is 9.97. The molecule has 2 aromatic rings. The summed E-state index contributed by atoms with van der Waals surface area (Å²) in [6, 6.07) is 4.82. The maximum atomic E-state index is 12.4. The molecule has 0 spiro atoms. The van der Waals surface area contributed by atoms with Crippen molar-refractivity contribution in [2.24, 2.45) is 0 Å². The number of aliphatic hydroxyl groups excluding tert-OH is 1. The van der Waals surface area contributed by atoms with Gasteiger partial charge in [-0.05, 0) is 42.5 Å². The molecule has 2 rings (SSSR count). The molecule has 1 heterocycles. The van der Waals surface area contributed by atoms with Crippen LogP contribution in [-0.2, 0) is 16.0 Å². The van der Waals surface area contributed by atoms with Gasteiger partial charge in [-0.2, -0.15) is 4.98 Å². The molecule has 0 aliphatic carbocycles. The molecular weight excluding hydrogens is 434 g/mol. The number of carbonyl (C=O) groups is 3. The average Bonchev–Trinajstić information content (AvgIpc) is 2.74. The number of aliphatic carboxylic acids is 2. The Hall–Kier alpha value is -4.19. The van der Waals surface area contributed by atoms with E-state index in [0.717, 1.165) is 0 Å². The van der Waals surface area contributed by atoms with Crippen molar-refractivity contribution in [3.8, 4) is 0 Å². The number of H-pyrrole nitrogens is 1. The van der Waals surface area contributed by atoms with E-state index in [4.69, 9.17) is 16.6 Å². The molecule has 0 aliphatic heterocycles. The van der Waals surface area contributed by atoms with E-state index in [1.54, 1.807) is 18.2 Å². The van der Waals surface area contributed by atoms with Crippen molar-refractivity contribution < 1.29 is 29.7 Å². The van der Waals surface area contributed by atoms with Crippen LogP contribution in [0, 0.1) is 0 Å². The first-order valence-electron chi connectivity index (χ1n) is 9.92. The second kappa shape index (κ2) is 11.4. The van der Waals surface area contributed by atoms with Gasteiger partial charge in [0.05, 0.1) is 12.2 Å². The molecule has 0 fully saturated rings. The van der Waals surface area contributed by atoms with Gasteiger partial charge in [-0.1, -0.05) is 18.2 Å². The van der Waals surface area contributed by atoms with Gasteiger partial charge < -0.3 is 32.1 Å². The number of carboxylic acids is 2. The maximum absolute atomic E-state index is 12.4. The number of nitrogens with one attached hydrogen (secondary N) is 2. The fourth-order valence-corrected chi connectivity index (χ4v) is 3.11. The fourth-order valence-electron chi connectivity index (χ4n) is 3.11. The first-order chi connectivity index (χ1) is 15.6. The zero-order valence-corrected chi connectivity index (χ0v) is 17.6. The Labute approximate surface area is 188 Å². The van der Waals surface area contributed by atoms with E-state index in [0.29, 0.717) is 17.6 Å². The van der Waals surface area contributed by atoms with Gasteiger partial charge in [0.15, 0.2) is 0 Å². The molecule has 1 aromatic carbocycles. The van der Waals surface area contributed by atoms with Gasteiger partial charge in [-0.3, -0.25) is 19.4 Å². The summed E-state index contributed by atoms with van der Waals surface area (Å²) in [5, 5.41) is 29.6. The molecule has 1 aromatic heterocycles. The second-order valence-corrected chi connectivity index (χ2v) is 7.10. The van der Waals surface area contributed by atoms with E-state index in [1.165, 1.54) is 12.1 Å². The number of rotatable bonds is 11. The minimum atomic E-state index is -1.34. The summed E-state index contributed by atoms with van der Waals surface area (Å²) in [6.45, 7) is -0.257. The van der Waals surface area contributed by atoms with Crippen LogP contribution in [0.5, 0.6) is 0 Å². The van der Waals surface area contributed by atoms with Crippen LogP contribution in [0.3, 0.4) is 0 Å². The van der Waals surface area contributed by atoms with Crippen molar-refractivity contribution in [1.82, 2.24) is 15.3 Å². The predicted molar refractivity (Wildman–Crippen MR) is 119 cm³/mol. The first-order valence-corrected chi connectivity index (χ1v) is 9.92. The number of aliphatic hydroxyl groups is 1. The highest BCUT2D eigenvalue weighted by Crippen LogP contribution is 2.22. The van der Waals surface area contributed by atoms with Crippen molar-refractivity contribution in [3.05, 3.63) is 57.4 Å². The molecule has 9 N–H and O–H groups in total. The number of nitrogens with zero attached hydrogens (tertiary/aromatic N) is 1. The Morgan fingerprint density at radius 1 is 1.09 bits per heavy atom. The summed E-state index contributed by atoms with van der Waals surface area (Å²) < 4.78 is 0. The van der Waals surface area contributed by atoms with E-state index < -0.39 is 35.9 Å². The summed E-state index contributed by atoms with van der Waals surface area (Å²) in [5.74, 6) is -3.24. The number of amides is 1. The fraction of sp³-hybridized carbons (Fsp3) is 0.286. The smallest absolute Gasteiger partial charge is 0.326 e. The third-order valence-corrected chi connectivity index (χ3v) is 4.82. The Bertz CT molecular complexity index is 1110. The first kappa shape index (κ1) is 25.1. The van der Waals surface area contributed by atoms with Gasteiger partial charge in [0.1, 0.15) is 11.9 Å². The molecule has 33 heavy (non-hydrogen) atoms. The average molecular weight is 459 g/mol. The normalized spacial score (nSPS) is 12.2. The lowest BCUT2D eigenvalue weighted by Crippen LogP contribution is -2.41. The Morgan fingerprint density at radius 2 is 1.73 bits per heavy atom. The minimum Gasteiger partial charge on any atom is -0.481 e. The van der Waals surface area contributed by atoms with E-state index in [1.807, 2.05) is 0 Å². The summed E-state index contributed by atoms with van der Waals surface area (Å²) in [6.07, 6.45) is 1.46. The van der Waals surface area contributed by atoms with Crippen LogP contribution in [0.1, 0.15) is 40.7 Å². The summed E-state index contributed by atoms with van der Waals surface area (Å²) in [7, 11) is 0. The number of nitrogens with two attached hydrogens (primary N) is 2. The molecule has 0 radical (unpaired) electrons. The number of aromatic amines is 1. The number of carbonyl (C=O) groups excluding carboxylic acids is 1. The number of benzene rings is 1. The van der Waals surface area contributed by atoms with Crippen molar-refractivity contribution in [2.45, 2.75) is 31.7 Å². The predicted octanol–water partition coefficient (Wildman–Crippen LogP) is -0.00940. The highest BCUT2D eigenvalue weighted by molar-refractivity contribution is 5.97. The van der Waals surface area contributed by atoms with Crippen LogP contribution in [0.4, 0.5) is 11.8 Å². The van der Waals surface area contributed by atoms with Crippen molar-refractivity contribution >= 4 is 35.2 Å². The van der Waals surface area contributed by atoms with E-state index in [-0.39, 0.29) is 42.3 Å². The molecule has 0 aliphatic rings. The van der Waals surface area contributed by atoms with Gasteiger partial charge in [0.25, 0.3) is 11.5 Å². The third-order valence-electron chi connectivity index (χ3n) is 4.82. The van der Waals surface area contributed by atoms with Gasteiger partial charge in [0, 0.05) is 12.0 Å². The quantitative estimate of drug-likeness (QED) is 0.238. The Morgan fingerprint density at radius 3 is 2.27 bits per heavy atom. The minimum absolute atomic E-state index is 0.0162. The highest BCUT2D eigenvalue weighted by atomic mass is 16.4. The highest BCUT2D eigenvalue weighted by Gasteiger charge is 2.21. The number of aromatic nitrogens is 2. The van der Waals surface area contributed by atoms with Crippen LogP contribution in [0.2, 0.25) is 0 Å². The molecule has 0 saturated heterocycles. The van der Waals surface area contributed by atoms with Crippen molar-refractivity contribution in [1.29, 1.82) is 0 Å². The lowest BCUT2D eigenvalue weighted by molar-refractivity contribution is -0.140. The Balaban J connectivity index is 2.12. The van der Waals surface area contributed by atoms with Gasteiger partial charge in [-0.15, -0.1) is 0 Å². The number of anilines is 2. The summed E-state index contributed by atoms with van der Waals surface area (Å²) in [4.78, 5) is 52.6. The molecule has 0 bridgehead atoms.